The largest absolute Gasteiger partial charge is 0.494 e. The maximum absolute atomic E-state index is 5.89. The average molecular weight is 349 g/mol. The van der Waals surface area contributed by atoms with E-state index in [1.54, 1.807) is 0 Å². The van der Waals surface area contributed by atoms with Crippen LogP contribution in [0, 0.1) is 0 Å². The smallest absolute Gasteiger partial charge is 0.123 e. The summed E-state index contributed by atoms with van der Waals surface area (Å²) in [5.74, 6) is 0.911. The highest BCUT2D eigenvalue weighted by molar-refractivity contribution is 9.10. The molecule has 21 heavy (non-hydrogen) atoms. The molecule has 2 aromatic rings. The first-order valence-electron chi connectivity index (χ1n) is 7.02. The summed E-state index contributed by atoms with van der Waals surface area (Å²) in [5.41, 5.74) is 9.06. The minimum atomic E-state index is 0.660. The van der Waals surface area contributed by atoms with E-state index in [9.17, 15) is 0 Å². The minimum absolute atomic E-state index is 0.660. The SMILES string of the molecule is CCOc1ccc(N)cc1CN(C)Cc1ccc(Br)cc1. The molecule has 4 heteroatoms. The third-order valence-electron chi connectivity index (χ3n) is 3.19. The predicted octanol–water partition coefficient (Wildman–Crippen LogP) is 4.06. The van der Waals surface area contributed by atoms with Gasteiger partial charge in [0.1, 0.15) is 5.75 Å². The van der Waals surface area contributed by atoms with Crippen LogP contribution in [0.4, 0.5) is 5.69 Å². The maximum atomic E-state index is 5.89. The van der Waals surface area contributed by atoms with Crippen LogP contribution in [0.2, 0.25) is 0 Å². The monoisotopic (exact) mass is 348 g/mol. The second-order valence-corrected chi connectivity index (χ2v) is 6.01. The summed E-state index contributed by atoms with van der Waals surface area (Å²) < 4.78 is 6.77. The van der Waals surface area contributed by atoms with Gasteiger partial charge in [0, 0.05) is 28.8 Å². The van der Waals surface area contributed by atoms with Gasteiger partial charge in [-0.1, -0.05) is 28.1 Å². The number of benzene rings is 2. The Kier molecular flexibility index (Phi) is 5.65. The predicted molar refractivity (Wildman–Crippen MR) is 91.3 cm³/mol. The van der Waals surface area contributed by atoms with Crippen LogP contribution in [0.25, 0.3) is 0 Å². The summed E-state index contributed by atoms with van der Waals surface area (Å²) in [6.45, 7) is 4.34. The summed E-state index contributed by atoms with van der Waals surface area (Å²) >= 11 is 3.46. The molecule has 0 bridgehead atoms. The summed E-state index contributed by atoms with van der Waals surface area (Å²) in [5, 5.41) is 0. The number of nitrogens with two attached hydrogens (primary N) is 1. The van der Waals surface area contributed by atoms with Crippen LogP contribution in [-0.2, 0) is 13.1 Å². The summed E-state index contributed by atoms with van der Waals surface area (Å²) in [7, 11) is 2.10. The number of anilines is 1. The van der Waals surface area contributed by atoms with E-state index >= 15 is 0 Å². The molecular formula is C17H21BrN2O. The Hall–Kier alpha value is -1.52. The van der Waals surface area contributed by atoms with Crippen molar-refractivity contribution in [2.75, 3.05) is 19.4 Å². The maximum Gasteiger partial charge on any atom is 0.123 e. The molecule has 0 amide bonds. The molecule has 0 aromatic heterocycles. The van der Waals surface area contributed by atoms with E-state index < -0.39 is 0 Å². The van der Waals surface area contributed by atoms with Crippen molar-refractivity contribution < 1.29 is 4.74 Å². The van der Waals surface area contributed by atoms with E-state index in [0.717, 1.165) is 34.6 Å². The van der Waals surface area contributed by atoms with Gasteiger partial charge in [-0.2, -0.15) is 0 Å². The van der Waals surface area contributed by atoms with Gasteiger partial charge in [-0.25, -0.2) is 0 Å². The number of hydrogen-bond donors (Lipinski definition) is 1. The number of nitrogens with zero attached hydrogens (tertiary/aromatic N) is 1. The molecule has 0 saturated carbocycles. The van der Waals surface area contributed by atoms with E-state index in [-0.39, 0.29) is 0 Å². The quantitative estimate of drug-likeness (QED) is 0.800. The lowest BCUT2D eigenvalue weighted by Crippen LogP contribution is -2.18. The molecule has 0 fully saturated rings. The molecule has 0 saturated heterocycles. The van der Waals surface area contributed by atoms with Crippen molar-refractivity contribution in [2.45, 2.75) is 20.0 Å². The van der Waals surface area contributed by atoms with E-state index in [0.29, 0.717) is 6.61 Å². The first-order chi connectivity index (χ1) is 10.1. The van der Waals surface area contributed by atoms with Crippen molar-refractivity contribution in [3.05, 3.63) is 58.1 Å². The van der Waals surface area contributed by atoms with Gasteiger partial charge in [-0.15, -0.1) is 0 Å². The molecular weight excluding hydrogens is 328 g/mol. The summed E-state index contributed by atoms with van der Waals surface area (Å²) in [6.07, 6.45) is 0. The minimum Gasteiger partial charge on any atom is -0.494 e. The molecule has 0 radical (unpaired) electrons. The second-order valence-electron chi connectivity index (χ2n) is 5.10. The van der Waals surface area contributed by atoms with E-state index in [2.05, 4.69) is 52.1 Å². The molecule has 112 valence electrons. The van der Waals surface area contributed by atoms with Crippen molar-refractivity contribution in [1.82, 2.24) is 4.90 Å². The Morgan fingerprint density at radius 2 is 1.81 bits per heavy atom. The first-order valence-corrected chi connectivity index (χ1v) is 7.82. The molecule has 2 aromatic carbocycles. The van der Waals surface area contributed by atoms with Gasteiger partial charge < -0.3 is 10.5 Å². The average Bonchev–Trinajstić information content (AvgIpc) is 2.44. The molecule has 0 unspecified atom stereocenters. The van der Waals surface area contributed by atoms with Crippen LogP contribution >= 0.6 is 15.9 Å². The van der Waals surface area contributed by atoms with Crippen molar-refractivity contribution in [3.63, 3.8) is 0 Å². The highest BCUT2D eigenvalue weighted by Crippen LogP contribution is 2.23. The molecule has 0 atom stereocenters. The van der Waals surface area contributed by atoms with E-state index in [1.165, 1.54) is 5.56 Å². The van der Waals surface area contributed by atoms with Crippen molar-refractivity contribution in [3.8, 4) is 5.75 Å². The highest BCUT2D eigenvalue weighted by Gasteiger charge is 2.08. The summed E-state index contributed by atoms with van der Waals surface area (Å²) in [4.78, 5) is 2.25. The van der Waals surface area contributed by atoms with Gasteiger partial charge in [-0.05, 0) is 49.9 Å². The first kappa shape index (κ1) is 15.9. The van der Waals surface area contributed by atoms with Gasteiger partial charge in [0.2, 0.25) is 0 Å². The van der Waals surface area contributed by atoms with E-state index in [4.69, 9.17) is 10.5 Å². The van der Waals surface area contributed by atoms with Gasteiger partial charge in [0.15, 0.2) is 0 Å². The van der Waals surface area contributed by atoms with Crippen LogP contribution in [0.3, 0.4) is 0 Å². The molecule has 2 N–H and O–H groups in total. The Labute approximate surface area is 134 Å². The molecule has 2 rings (SSSR count). The van der Waals surface area contributed by atoms with Crippen LogP contribution in [0.1, 0.15) is 18.1 Å². The third-order valence-corrected chi connectivity index (χ3v) is 3.72. The molecule has 0 spiro atoms. The normalized spacial score (nSPS) is 10.9. The molecule has 0 heterocycles. The Morgan fingerprint density at radius 3 is 2.48 bits per heavy atom. The van der Waals surface area contributed by atoms with Crippen molar-refractivity contribution in [2.24, 2.45) is 0 Å². The van der Waals surface area contributed by atoms with Crippen LogP contribution in [0.5, 0.6) is 5.75 Å². The Bertz CT molecular complexity index is 584. The third kappa shape index (κ3) is 4.76. The fraction of sp³-hybridized carbons (Fsp3) is 0.294. The van der Waals surface area contributed by atoms with Gasteiger partial charge in [0.05, 0.1) is 6.61 Å². The fourth-order valence-corrected chi connectivity index (χ4v) is 2.53. The second kappa shape index (κ2) is 7.48. The molecule has 0 aliphatic rings. The fourth-order valence-electron chi connectivity index (χ4n) is 2.27. The van der Waals surface area contributed by atoms with E-state index in [1.807, 2.05) is 25.1 Å². The number of halogens is 1. The van der Waals surface area contributed by atoms with Gasteiger partial charge in [-0.3, -0.25) is 4.90 Å². The number of ether oxygens (including phenoxy) is 1. The highest BCUT2D eigenvalue weighted by atomic mass is 79.9. The van der Waals surface area contributed by atoms with Crippen molar-refractivity contribution in [1.29, 1.82) is 0 Å². The lowest BCUT2D eigenvalue weighted by Gasteiger charge is -2.19. The van der Waals surface area contributed by atoms with Crippen molar-refractivity contribution >= 4 is 21.6 Å². The topological polar surface area (TPSA) is 38.5 Å². The zero-order chi connectivity index (χ0) is 15.2. The van der Waals surface area contributed by atoms with Crippen LogP contribution in [-0.4, -0.2) is 18.6 Å². The lowest BCUT2D eigenvalue weighted by atomic mass is 10.1. The lowest BCUT2D eigenvalue weighted by molar-refractivity contribution is 0.298. The molecule has 3 nitrogen and oxygen atoms in total. The zero-order valence-corrected chi connectivity index (χ0v) is 14.1. The Morgan fingerprint density at radius 1 is 1.10 bits per heavy atom. The zero-order valence-electron chi connectivity index (χ0n) is 12.5. The van der Waals surface area contributed by atoms with Gasteiger partial charge in [0.25, 0.3) is 0 Å². The Balaban J connectivity index is 2.06. The molecule has 0 aliphatic heterocycles. The van der Waals surface area contributed by atoms with Crippen LogP contribution in [0.15, 0.2) is 46.9 Å². The standard InChI is InChI=1S/C17H21BrN2O/c1-3-21-17-9-8-16(19)10-14(17)12-20(2)11-13-4-6-15(18)7-5-13/h4-10H,3,11-12,19H2,1-2H3. The van der Waals surface area contributed by atoms with Crippen LogP contribution < -0.4 is 10.5 Å². The molecule has 0 aliphatic carbocycles. The number of nitrogen functional groups attached to an aromatic ring is 1. The number of hydrogen-bond acceptors (Lipinski definition) is 3. The number of rotatable bonds is 6. The van der Waals surface area contributed by atoms with Gasteiger partial charge >= 0.3 is 0 Å². The summed E-state index contributed by atoms with van der Waals surface area (Å²) in [6, 6.07) is 14.2.